The lowest BCUT2D eigenvalue weighted by Gasteiger charge is -2.34. The zero-order chi connectivity index (χ0) is 14.2. The number of aliphatic hydroxyl groups is 1. The molecule has 2 nitrogen and oxygen atoms in total. The van der Waals surface area contributed by atoms with E-state index in [1.54, 1.807) is 0 Å². The first-order valence-corrected chi connectivity index (χ1v) is 7.18. The standard InChI is InChI=1S/C17H24O2/c1-11-5-7-17(19,8-6-11)16(18)15-10-13(3)12(2)9-14(15)4/h9-11,19H,5-8H2,1-4H3. The minimum absolute atomic E-state index is 0.0833. The van der Waals surface area contributed by atoms with Crippen LogP contribution in [0.5, 0.6) is 0 Å². The molecule has 104 valence electrons. The van der Waals surface area contributed by atoms with Crippen molar-refractivity contribution in [1.82, 2.24) is 0 Å². The van der Waals surface area contributed by atoms with Crippen molar-refractivity contribution in [3.63, 3.8) is 0 Å². The van der Waals surface area contributed by atoms with E-state index in [1.165, 1.54) is 5.56 Å². The number of hydrogen-bond acceptors (Lipinski definition) is 2. The lowest BCUT2D eigenvalue weighted by molar-refractivity contribution is 0.00420. The Bertz CT molecular complexity index is 494. The van der Waals surface area contributed by atoms with Crippen LogP contribution in [0.3, 0.4) is 0 Å². The van der Waals surface area contributed by atoms with Gasteiger partial charge in [-0.1, -0.05) is 13.0 Å². The lowest BCUT2D eigenvalue weighted by Crippen LogP contribution is -2.42. The number of carbonyl (C=O) groups is 1. The zero-order valence-corrected chi connectivity index (χ0v) is 12.4. The summed E-state index contributed by atoms with van der Waals surface area (Å²) in [7, 11) is 0. The molecule has 0 heterocycles. The molecule has 0 bridgehead atoms. The first-order chi connectivity index (χ1) is 8.83. The average molecular weight is 260 g/mol. The maximum absolute atomic E-state index is 12.7. The number of aryl methyl sites for hydroxylation is 3. The molecule has 0 radical (unpaired) electrons. The van der Waals surface area contributed by atoms with E-state index in [1.807, 2.05) is 32.9 Å². The molecule has 2 rings (SSSR count). The maximum Gasteiger partial charge on any atom is 0.194 e. The van der Waals surface area contributed by atoms with Gasteiger partial charge in [-0.3, -0.25) is 4.79 Å². The van der Waals surface area contributed by atoms with Gasteiger partial charge in [-0.15, -0.1) is 0 Å². The fraction of sp³-hybridized carbons (Fsp3) is 0.588. The monoisotopic (exact) mass is 260 g/mol. The highest BCUT2D eigenvalue weighted by atomic mass is 16.3. The third-order valence-electron chi connectivity index (χ3n) is 4.61. The number of rotatable bonds is 2. The first kappa shape index (κ1) is 14.3. The molecule has 0 atom stereocenters. The van der Waals surface area contributed by atoms with Crippen molar-refractivity contribution < 1.29 is 9.90 Å². The molecule has 1 aliphatic carbocycles. The van der Waals surface area contributed by atoms with E-state index in [-0.39, 0.29) is 5.78 Å². The van der Waals surface area contributed by atoms with Crippen molar-refractivity contribution in [3.8, 4) is 0 Å². The molecule has 0 saturated heterocycles. The van der Waals surface area contributed by atoms with Gasteiger partial charge in [-0.05, 0) is 75.1 Å². The molecule has 0 aromatic heterocycles. The van der Waals surface area contributed by atoms with Gasteiger partial charge in [0, 0.05) is 5.56 Å². The van der Waals surface area contributed by atoms with Crippen molar-refractivity contribution in [2.75, 3.05) is 0 Å². The van der Waals surface area contributed by atoms with Gasteiger partial charge in [0.2, 0.25) is 0 Å². The van der Waals surface area contributed by atoms with Crippen LogP contribution in [0.1, 0.15) is 59.7 Å². The normalized spacial score (nSPS) is 27.3. The second kappa shape index (κ2) is 5.09. The molecule has 1 saturated carbocycles. The van der Waals surface area contributed by atoms with E-state index in [9.17, 15) is 9.90 Å². The summed E-state index contributed by atoms with van der Waals surface area (Å²) in [5.41, 5.74) is 2.83. The van der Waals surface area contributed by atoms with Crippen LogP contribution in [0.2, 0.25) is 0 Å². The highest BCUT2D eigenvalue weighted by Crippen LogP contribution is 2.35. The van der Waals surface area contributed by atoms with Gasteiger partial charge in [0.05, 0.1) is 0 Å². The lowest BCUT2D eigenvalue weighted by atomic mass is 9.75. The summed E-state index contributed by atoms with van der Waals surface area (Å²) in [5, 5.41) is 10.6. The van der Waals surface area contributed by atoms with E-state index >= 15 is 0 Å². The molecule has 1 aromatic carbocycles. The Kier molecular flexibility index (Phi) is 3.82. The van der Waals surface area contributed by atoms with Gasteiger partial charge in [0.15, 0.2) is 5.78 Å². The Morgan fingerprint density at radius 3 is 2.21 bits per heavy atom. The van der Waals surface area contributed by atoms with Gasteiger partial charge >= 0.3 is 0 Å². The molecule has 0 aliphatic heterocycles. The van der Waals surface area contributed by atoms with Crippen molar-refractivity contribution >= 4 is 5.78 Å². The smallest absolute Gasteiger partial charge is 0.194 e. The highest BCUT2D eigenvalue weighted by Gasteiger charge is 2.39. The summed E-state index contributed by atoms with van der Waals surface area (Å²) in [6, 6.07) is 3.97. The molecule has 1 N–H and O–H groups in total. The number of benzene rings is 1. The van der Waals surface area contributed by atoms with E-state index in [4.69, 9.17) is 0 Å². The fourth-order valence-electron chi connectivity index (χ4n) is 2.92. The summed E-state index contributed by atoms with van der Waals surface area (Å²) in [6.07, 6.45) is 3.07. The first-order valence-electron chi connectivity index (χ1n) is 7.18. The van der Waals surface area contributed by atoms with Crippen molar-refractivity contribution in [1.29, 1.82) is 0 Å². The van der Waals surface area contributed by atoms with Crippen LogP contribution in [-0.2, 0) is 0 Å². The van der Waals surface area contributed by atoms with Gasteiger partial charge in [0.1, 0.15) is 5.60 Å². The largest absolute Gasteiger partial charge is 0.382 e. The summed E-state index contributed by atoms with van der Waals surface area (Å²) in [6.45, 7) is 8.20. The summed E-state index contributed by atoms with van der Waals surface area (Å²) in [4.78, 5) is 12.7. The quantitative estimate of drug-likeness (QED) is 0.823. The van der Waals surface area contributed by atoms with Gasteiger partial charge in [0.25, 0.3) is 0 Å². The molecule has 0 amide bonds. The van der Waals surface area contributed by atoms with Gasteiger partial charge in [-0.25, -0.2) is 0 Å². The molecule has 19 heavy (non-hydrogen) atoms. The minimum atomic E-state index is -1.14. The number of ketones is 1. The summed E-state index contributed by atoms with van der Waals surface area (Å²) >= 11 is 0. The summed E-state index contributed by atoms with van der Waals surface area (Å²) in [5.74, 6) is 0.536. The van der Waals surface area contributed by atoms with Crippen LogP contribution in [0.25, 0.3) is 0 Å². The van der Waals surface area contributed by atoms with E-state index in [0.717, 1.165) is 24.0 Å². The topological polar surface area (TPSA) is 37.3 Å². The minimum Gasteiger partial charge on any atom is -0.382 e. The van der Waals surface area contributed by atoms with Crippen molar-refractivity contribution in [2.45, 2.75) is 59.0 Å². The molecular formula is C17H24O2. The second-order valence-corrected chi connectivity index (χ2v) is 6.29. The maximum atomic E-state index is 12.7. The third-order valence-corrected chi connectivity index (χ3v) is 4.61. The Morgan fingerprint density at radius 1 is 1.11 bits per heavy atom. The molecular weight excluding hydrogens is 236 g/mol. The third kappa shape index (κ3) is 2.74. The molecule has 2 heteroatoms. The van der Waals surface area contributed by atoms with Crippen LogP contribution in [0.15, 0.2) is 12.1 Å². The van der Waals surface area contributed by atoms with Crippen molar-refractivity contribution in [2.24, 2.45) is 5.92 Å². The van der Waals surface area contributed by atoms with Crippen LogP contribution < -0.4 is 0 Å². The number of carbonyl (C=O) groups excluding carboxylic acids is 1. The molecule has 0 unspecified atom stereocenters. The Labute approximate surface area is 115 Å². The van der Waals surface area contributed by atoms with Crippen LogP contribution in [-0.4, -0.2) is 16.5 Å². The Morgan fingerprint density at radius 2 is 1.63 bits per heavy atom. The van der Waals surface area contributed by atoms with E-state index in [2.05, 4.69) is 6.92 Å². The van der Waals surface area contributed by atoms with Crippen LogP contribution in [0.4, 0.5) is 0 Å². The zero-order valence-electron chi connectivity index (χ0n) is 12.4. The SMILES string of the molecule is Cc1cc(C)c(C(=O)C2(O)CCC(C)CC2)cc1C. The van der Waals surface area contributed by atoms with Gasteiger partial charge < -0.3 is 5.11 Å². The van der Waals surface area contributed by atoms with Crippen molar-refractivity contribution in [3.05, 3.63) is 34.4 Å². The molecule has 1 fully saturated rings. The van der Waals surface area contributed by atoms with Gasteiger partial charge in [-0.2, -0.15) is 0 Å². The van der Waals surface area contributed by atoms with E-state index < -0.39 is 5.60 Å². The number of Topliss-reactive ketones (excluding diaryl/α,β-unsaturated/α-hetero) is 1. The molecule has 0 spiro atoms. The Balaban J connectivity index is 2.31. The fourth-order valence-corrected chi connectivity index (χ4v) is 2.92. The Hall–Kier alpha value is -1.15. The van der Waals surface area contributed by atoms with E-state index in [0.29, 0.717) is 24.3 Å². The predicted octanol–water partition coefficient (Wildman–Crippen LogP) is 3.74. The predicted molar refractivity (Wildman–Crippen MR) is 77.6 cm³/mol. The second-order valence-electron chi connectivity index (χ2n) is 6.29. The molecule has 1 aliphatic rings. The average Bonchev–Trinajstić information content (AvgIpc) is 2.37. The van der Waals surface area contributed by atoms with Crippen LogP contribution in [0, 0.1) is 26.7 Å². The highest BCUT2D eigenvalue weighted by molar-refractivity contribution is 6.03. The molecule has 1 aromatic rings. The number of hydrogen-bond donors (Lipinski definition) is 1. The van der Waals surface area contributed by atoms with Crippen LogP contribution >= 0.6 is 0 Å². The summed E-state index contributed by atoms with van der Waals surface area (Å²) < 4.78 is 0.